The van der Waals surface area contributed by atoms with Crippen LogP contribution >= 0.6 is 31.9 Å². The molecule has 1 aliphatic carbocycles. The van der Waals surface area contributed by atoms with Crippen LogP contribution in [0.15, 0.2) is 33.3 Å². The molecule has 1 heterocycles. The molecule has 0 bridgehead atoms. The molecule has 3 rings (SSSR count). The molecule has 1 saturated carbocycles. The van der Waals surface area contributed by atoms with E-state index in [1.54, 1.807) is 0 Å². The first-order chi connectivity index (χ1) is 9.95. The highest BCUT2D eigenvalue weighted by molar-refractivity contribution is 9.10. The predicted molar refractivity (Wildman–Crippen MR) is 92.0 cm³/mol. The molecule has 1 fully saturated rings. The SMILES string of the molecule is Cc1cc(Br)cc(C)c1NC(=O)c1cc(Br)cn1C1CC1. The molecule has 3 nitrogen and oxygen atoms in total. The summed E-state index contributed by atoms with van der Waals surface area (Å²) in [6.45, 7) is 4.01. The van der Waals surface area contributed by atoms with E-state index >= 15 is 0 Å². The van der Waals surface area contributed by atoms with Crippen LogP contribution in [0.1, 0.15) is 40.5 Å². The van der Waals surface area contributed by atoms with E-state index in [9.17, 15) is 4.79 Å². The number of benzene rings is 1. The third-order valence-electron chi connectivity index (χ3n) is 3.72. The molecule has 0 unspecified atom stereocenters. The maximum absolute atomic E-state index is 12.6. The summed E-state index contributed by atoms with van der Waals surface area (Å²) in [4.78, 5) is 12.6. The van der Waals surface area contributed by atoms with Gasteiger partial charge in [-0.15, -0.1) is 0 Å². The van der Waals surface area contributed by atoms with Crippen molar-refractivity contribution in [3.8, 4) is 0 Å². The highest BCUT2D eigenvalue weighted by Crippen LogP contribution is 2.37. The van der Waals surface area contributed by atoms with Gasteiger partial charge in [0, 0.05) is 26.9 Å². The van der Waals surface area contributed by atoms with Crippen molar-refractivity contribution in [2.75, 3.05) is 5.32 Å². The van der Waals surface area contributed by atoms with Gasteiger partial charge in [-0.05, 0) is 71.9 Å². The van der Waals surface area contributed by atoms with Crippen molar-refractivity contribution in [1.82, 2.24) is 4.57 Å². The van der Waals surface area contributed by atoms with E-state index in [2.05, 4.69) is 41.7 Å². The molecule has 1 amide bonds. The molecule has 0 spiro atoms. The first-order valence-electron chi connectivity index (χ1n) is 6.91. The molecule has 2 aromatic rings. The van der Waals surface area contributed by atoms with Crippen molar-refractivity contribution in [1.29, 1.82) is 0 Å². The van der Waals surface area contributed by atoms with Gasteiger partial charge in [0.15, 0.2) is 0 Å². The molecule has 1 aliphatic rings. The Labute approximate surface area is 141 Å². The van der Waals surface area contributed by atoms with Crippen molar-refractivity contribution in [2.24, 2.45) is 0 Å². The van der Waals surface area contributed by atoms with Crippen LogP contribution in [0.5, 0.6) is 0 Å². The van der Waals surface area contributed by atoms with E-state index in [4.69, 9.17) is 0 Å². The number of rotatable bonds is 3. The lowest BCUT2D eigenvalue weighted by molar-refractivity contribution is 0.101. The third kappa shape index (κ3) is 3.09. The average Bonchev–Trinajstić information content (AvgIpc) is 3.16. The van der Waals surface area contributed by atoms with Crippen LogP contribution in [-0.4, -0.2) is 10.5 Å². The van der Waals surface area contributed by atoms with Gasteiger partial charge >= 0.3 is 0 Å². The topological polar surface area (TPSA) is 34.0 Å². The molecule has 1 aromatic heterocycles. The van der Waals surface area contributed by atoms with Crippen LogP contribution in [0.3, 0.4) is 0 Å². The van der Waals surface area contributed by atoms with Gasteiger partial charge in [0.2, 0.25) is 0 Å². The van der Waals surface area contributed by atoms with Gasteiger partial charge in [-0.1, -0.05) is 15.9 Å². The lowest BCUT2D eigenvalue weighted by Gasteiger charge is -2.13. The van der Waals surface area contributed by atoms with Gasteiger partial charge in [0.05, 0.1) is 0 Å². The minimum atomic E-state index is -0.0545. The molecular weight excluding hydrogens is 396 g/mol. The normalized spacial score (nSPS) is 14.3. The molecular formula is C16H16Br2N2O. The monoisotopic (exact) mass is 410 g/mol. The number of hydrogen-bond donors (Lipinski definition) is 1. The zero-order chi connectivity index (χ0) is 15.1. The Balaban J connectivity index is 1.90. The predicted octanol–water partition coefficient (Wildman–Crippen LogP) is 5.22. The van der Waals surface area contributed by atoms with Crippen LogP contribution in [-0.2, 0) is 0 Å². The second-order valence-electron chi connectivity index (χ2n) is 5.55. The Morgan fingerprint density at radius 1 is 1.14 bits per heavy atom. The maximum Gasteiger partial charge on any atom is 0.272 e. The average molecular weight is 412 g/mol. The Hall–Kier alpha value is -1.07. The summed E-state index contributed by atoms with van der Waals surface area (Å²) in [7, 11) is 0. The lowest BCUT2D eigenvalue weighted by Crippen LogP contribution is -2.17. The number of aromatic nitrogens is 1. The molecule has 0 saturated heterocycles. The molecule has 21 heavy (non-hydrogen) atoms. The number of halogens is 2. The quantitative estimate of drug-likeness (QED) is 0.738. The van der Waals surface area contributed by atoms with Crippen molar-refractivity contribution >= 4 is 43.5 Å². The summed E-state index contributed by atoms with van der Waals surface area (Å²) in [5.41, 5.74) is 3.71. The fraction of sp³-hybridized carbons (Fsp3) is 0.312. The standard InChI is InChI=1S/C16H16Br2N2O/c1-9-5-11(17)6-10(2)15(9)19-16(21)14-7-12(18)8-20(14)13-3-4-13/h5-8,13H,3-4H2,1-2H3,(H,19,21). The Kier molecular flexibility index (Phi) is 3.97. The number of aryl methyl sites for hydroxylation is 2. The Bertz CT molecular complexity index is 694. The second kappa shape index (κ2) is 5.61. The van der Waals surface area contributed by atoms with E-state index in [1.165, 1.54) is 0 Å². The number of anilines is 1. The van der Waals surface area contributed by atoms with E-state index in [1.807, 2.05) is 38.2 Å². The summed E-state index contributed by atoms with van der Waals surface area (Å²) >= 11 is 6.94. The number of amides is 1. The first kappa shape index (κ1) is 14.9. The second-order valence-corrected chi connectivity index (χ2v) is 7.38. The molecule has 110 valence electrons. The van der Waals surface area contributed by atoms with Crippen LogP contribution in [0.2, 0.25) is 0 Å². The van der Waals surface area contributed by atoms with Gasteiger partial charge in [-0.2, -0.15) is 0 Å². The minimum Gasteiger partial charge on any atom is -0.339 e. The number of hydrogen-bond acceptors (Lipinski definition) is 1. The van der Waals surface area contributed by atoms with Gasteiger partial charge in [-0.25, -0.2) is 0 Å². The van der Waals surface area contributed by atoms with E-state index in [-0.39, 0.29) is 5.91 Å². The molecule has 5 heteroatoms. The van der Waals surface area contributed by atoms with Crippen LogP contribution < -0.4 is 5.32 Å². The molecule has 0 aliphatic heterocycles. The Morgan fingerprint density at radius 3 is 2.33 bits per heavy atom. The fourth-order valence-electron chi connectivity index (χ4n) is 2.57. The van der Waals surface area contributed by atoms with Crippen molar-refractivity contribution in [2.45, 2.75) is 32.7 Å². The number of carbonyl (C=O) groups excluding carboxylic acids is 1. The smallest absolute Gasteiger partial charge is 0.272 e. The van der Waals surface area contributed by atoms with E-state index < -0.39 is 0 Å². The highest BCUT2D eigenvalue weighted by atomic mass is 79.9. The minimum absolute atomic E-state index is 0.0545. The van der Waals surface area contributed by atoms with Gasteiger partial charge in [-0.3, -0.25) is 4.79 Å². The molecule has 1 N–H and O–H groups in total. The zero-order valence-electron chi connectivity index (χ0n) is 11.9. The highest BCUT2D eigenvalue weighted by Gasteiger charge is 2.28. The lowest BCUT2D eigenvalue weighted by atomic mass is 10.1. The van der Waals surface area contributed by atoms with Gasteiger partial charge < -0.3 is 9.88 Å². The number of nitrogens with one attached hydrogen (secondary N) is 1. The first-order valence-corrected chi connectivity index (χ1v) is 8.50. The number of carbonyl (C=O) groups is 1. The summed E-state index contributed by atoms with van der Waals surface area (Å²) < 4.78 is 4.05. The van der Waals surface area contributed by atoms with Gasteiger partial charge in [0.1, 0.15) is 5.69 Å². The van der Waals surface area contributed by atoms with Crippen LogP contribution in [0.25, 0.3) is 0 Å². The zero-order valence-corrected chi connectivity index (χ0v) is 15.1. The van der Waals surface area contributed by atoms with Crippen molar-refractivity contribution in [3.63, 3.8) is 0 Å². The molecule has 0 radical (unpaired) electrons. The summed E-state index contributed by atoms with van der Waals surface area (Å²) in [6, 6.07) is 6.39. The van der Waals surface area contributed by atoms with Crippen molar-refractivity contribution in [3.05, 3.63) is 50.2 Å². The fourth-order valence-corrected chi connectivity index (χ4v) is 3.69. The maximum atomic E-state index is 12.6. The summed E-state index contributed by atoms with van der Waals surface area (Å²) in [5, 5.41) is 3.06. The van der Waals surface area contributed by atoms with Crippen molar-refractivity contribution < 1.29 is 4.79 Å². The molecule has 0 atom stereocenters. The largest absolute Gasteiger partial charge is 0.339 e. The summed E-state index contributed by atoms with van der Waals surface area (Å²) in [5.74, 6) is -0.0545. The summed E-state index contributed by atoms with van der Waals surface area (Å²) in [6.07, 6.45) is 4.29. The number of nitrogens with zero attached hydrogens (tertiary/aromatic N) is 1. The van der Waals surface area contributed by atoms with Crippen LogP contribution in [0.4, 0.5) is 5.69 Å². The third-order valence-corrected chi connectivity index (χ3v) is 4.62. The van der Waals surface area contributed by atoms with Gasteiger partial charge in [0.25, 0.3) is 5.91 Å². The van der Waals surface area contributed by atoms with E-state index in [0.717, 1.165) is 38.6 Å². The Morgan fingerprint density at radius 2 is 1.76 bits per heavy atom. The molecule has 1 aromatic carbocycles. The van der Waals surface area contributed by atoms with E-state index in [0.29, 0.717) is 11.7 Å². The van der Waals surface area contributed by atoms with Crippen LogP contribution in [0, 0.1) is 13.8 Å².